The third kappa shape index (κ3) is 4.48. The van der Waals surface area contributed by atoms with Crippen LogP contribution in [0.3, 0.4) is 0 Å². The highest BCUT2D eigenvalue weighted by Crippen LogP contribution is 2.40. The van der Waals surface area contributed by atoms with Gasteiger partial charge in [0.2, 0.25) is 0 Å². The standard InChI is InChI=1S/C18H29Br/c1-14-8-10-16(11-9-14)15(2)13-18-6-3-5-17(18)7-4-12-19/h7-8,15-16,18H,3-6,9-13H2,1-2H3. The Balaban J connectivity index is 1.86. The van der Waals surface area contributed by atoms with Crippen LogP contribution in [0.5, 0.6) is 0 Å². The zero-order valence-corrected chi connectivity index (χ0v) is 14.2. The fraction of sp³-hybridized carbons (Fsp3) is 0.778. The van der Waals surface area contributed by atoms with Crippen molar-refractivity contribution < 1.29 is 0 Å². The van der Waals surface area contributed by atoms with Gasteiger partial charge >= 0.3 is 0 Å². The van der Waals surface area contributed by atoms with Crippen LogP contribution in [0.4, 0.5) is 0 Å². The van der Waals surface area contributed by atoms with E-state index in [1.165, 1.54) is 51.4 Å². The van der Waals surface area contributed by atoms with Crippen molar-refractivity contribution in [3.05, 3.63) is 23.3 Å². The molecule has 2 aliphatic rings. The molecule has 0 radical (unpaired) electrons. The highest BCUT2D eigenvalue weighted by Gasteiger charge is 2.26. The van der Waals surface area contributed by atoms with Gasteiger partial charge in [0.05, 0.1) is 0 Å². The molecule has 3 atom stereocenters. The second kappa shape index (κ2) is 7.67. The van der Waals surface area contributed by atoms with Gasteiger partial charge in [-0.25, -0.2) is 0 Å². The van der Waals surface area contributed by atoms with Gasteiger partial charge in [-0.1, -0.05) is 46.2 Å². The Morgan fingerprint density at radius 3 is 2.89 bits per heavy atom. The third-order valence-electron chi connectivity index (χ3n) is 5.20. The topological polar surface area (TPSA) is 0 Å². The molecule has 0 N–H and O–H groups in total. The van der Waals surface area contributed by atoms with Crippen LogP contribution >= 0.6 is 15.9 Å². The van der Waals surface area contributed by atoms with Gasteiger partial charge in [0.25, 0.3) is 0 Å². The first-order chi connectivity index (χ1) is 9.20. The van der Waals surface area contributed by atoms with Crippen LogP contribution in [-0.4, -0.2) is 5.33 Å². The van der Waals surface area contributed by atoms with Crippen LogP contribution in [0.2, 0.25) is 0 Å². The van der Waals surface area contributed by atoms with Gasteiger partial charge in [-0.15, -0.1) is 0 Å². The molecule has 19 heavy (non-hydrogen) atoms. The van der Waals surface area contributed by atoms with Crippen molar-refractivity contribution in [3.8, 4) is 0 Å². The van der Waals surface area contributed by atoms with Crippen LogP contribution in [0.1, 0.15) is 65.2 Å². The Morgan fingerprint density at radius 1 is 1.37 bits per heavy atom. The maximum absolute atomic E-state index is 3.54. The fourth-order valence-electron chi connectivity index (χ4n) is 3.86. The average molecular weight is 325 g/mol. The lowest BCUT2D eigenvalue weighted by Gasteiger charge is -2.29. The molecule has 0 spiro atoms. The molecule has 0 bridgehead atoms. The lowest BCUT2D eigenvalue weighted by molar-refractivity contribution is 0.282. The van der Waals surface area contributed by atoms with Gasteiger partial charge in [-0.05, 0) is 76.0 Å². The monoisotopic (exact) mass is 324 g/mol. The van der Waals surface area contributed by atoms with Gasteiger partial charge < -0.3 is 0 Å². The maximum Gasteiger partial charge on any atom is 0.00660 e. The molecule has 0 heterocycles. The Labute approximate surface area is 127 Å². The molecule has 0 amide bonds. The Hall–Kier alpha value is -0.0400. The van der Waals surface area contributed by atoms with Gasteiger partial charge in [0, 0.05) is 5.33 Å². The van der Waals surface area contributed by atoms with Crippen molar-refractivity contribution in [2.75, 3.05) is 5.33 Å². The summed E-state index contributed by atoms with van der Waals surface area (Å²) in [5.74, 6) is 2.75. The van der Waals surface area contributed by atoms with Crippen LogP contribution < -0.4 is 0 Å². The van der Waals surface area contributed by atoms with Gasteiger partial charge in [0.15, 0.2) is 0 Å². The SMILES string of the molecule is CC1=CCC(C(C)CC2CCCC2=CCCBr)CC1. The van der Waals surface area contributed by atoms with Gasteiger partial charge in [-0.3, -0.25) is 0 Å². The maximum atomic E-state index is 3.54. The summed E-state index contributed by atoms with van der Waals surface area (Å²) < 4.78 is 0. The first-order valence-corrected chi connectivity index (χ1v) is 9.23. The predicted molar refractivity (Wildman–Crippen MR) is 88.7 cm³/mol. The molecule has 0 saturated heterocycles. The van der Waals surface area contributed by atoms with E-state index < -0.39 is 0 Å². The zero-order valence-electron chi connectivity index (χ0n) is 12.6. The molecule has 0 aliphatic heterocycles. The number of hydrogen-bond acceptors (Lipinski definition) is 0. The molecule has 2 rings (SSSR count). The number of allylic oxidation sites excluding steroid dienone is 4. The molecule has 0 aromatic carbocycles. The van der Waals surface area contributed by atoms with E-state index in [1.807, 2.05) is 0 Å². The molecule has 3 unspecified atom stereocenters. The Morgan fingerprint density at radius 2 is 2.21 bits per heavy atom. The lowest BCUT2D eigenvalue weighted by atomic mass is 9.77. The van der Waals surface area contributed by atoms with Crippen molar-refractivity contribution in [2.45, 2.75) is 65.2 Å². The molecule has 2 aliphatic carbocycles. The highest BCUT2D eigenvalue weighted by atomic mass is 79.9. The average Bonchev–Trinajstić information content (AvgIpc) is 2.84. The lowest BCUT2D eigenvalue weighted by Crippen LogP contribution is -2.17. The van der Waals surface area contributed by atoms with Crippen molar-refractivity contribution in [3.63, 3.8) is 0 Å². The second-order valence-electron chi connectivity index (χ2n) is 6.64. The van der Waals surface area contributed by atoms with Crippen molar-refractivity contribution in [1.82, 2.24) is 0 Å². The quantitative estimate of drug-likeness (QED) is 0.413. The first-order valence-electron chi connectivity index (χ1n) is 8.11. The van der Waals surface area contributed by atoms with Crippen molar-refractivity contribution in [2.24, 2.45) is 17.8 Å². The Kier molecular flexibility index (Phi) is 6.19. The van der Waals surface area contributed by atoms with E-state index in [9.17, 15) is 0 Å². The molecule has 1 fully saturated rings. The minimum atomic E-state index is 0.903. The smallest absolute Gasteiger partial charge is 0.00660 e. The van der Waals surface area contributed by atoms with Crippen LogP contribution in [0.15, 0.2) is 23.3 Å². The summed E-state index contributed by atoms with van der Waals surface area (Å²) in [6.07, 6.45) is 16.0. The molecule has 108 valence electrons. The molecule has 1 heteroatoms. The highest BCUT2D eigenvalue weighted by molar-refractivity contribution is 9.09. The summed E-state index contributed by atoms with van der Waals surface area (Å²) in [6, 6.07) is 0. The van der Waals surface area contributed by atoms with E-state index in [0.29, 0.717) is 0 Å². The van der Waals surface area contributed by atoms with E-state index >= 15 is 0 Å². The minimum Gasteiger partial charge on any atom is -0.0925 e. The van der Waals surface area contributed by atoms with Crippen LogP contribution in [-0.2, 0) is 0 Å². The van der Waals surface area contributed by atoms with Crippen molar-refractivity contribution >= 4 is 15.9 Å². The van der Waals surface area contributed by atoms with Gasteiger partial charge in [-0.2, -0.15) is 0 Å². The molecular formula is C18H29Br. The molecule has 0 aromatic heterocycles. The molecule has 0 aromatic rings. The van der Waals surface area contributed by atoms with Crippen LogP contribution in [0.25, 0.3) is 0 Å². The largest absolute Gasteiger partial charge is 0.0925 e. The Bertz CT molecular complexity index is 340. The number of halogens is 1. The van der Waals surface area contributed by atoms with E-state index in [4.69, 9.17) is 0 Å². The number of hydrogen-bond donors (Lipinski definition) is 0. The van der Waals surface area contributed by atoms with E-state index in [2.05, 4.69) is 41.9 Å². The zero-order chi connectivity index (χ0) is 13.7. The molecular weight excluding hydrogens is 296 g/mol. The minimum absolute atomic E-state index is 0.903. The second-order valence-corrected chi connectivity index (χ2v) is 7.44. The summed E-state index contributed by atoms with van der Waals surface area (Å²) in [6.45, 7) is 4.79. The summed E-state index contributed by atoms with van der Waals surface area (Å²) >= 11 is 3.54. The van der Waals surface area contributed by atoms with E-state index in [1.54, 1.807) is 11.1 Å². The molecule has 1 saturated carbocycles. The molecule has 0 nitrogen and oxygen atoms in total. The predicted octanol–water partition coefficient (Wildman–Crippen LogP) is 6.27. The number of alkyl halides is 1. The van der Waals surface area contributed by atoms with Gasteiger partial charge in [0.1, 0.15) is 0 Å². The van der Waals surface area contributed by atoms with E-state index in [0.717, 1.165) is 23.1 Å². The fourth-order valence-corrected chi connectivity index (χ4v) is 4.09. The summed E-state index contributed by atoms with van der Waals surface area (Å²) in [4.78, 5) is 0. The van der Waals surface area contributed by atoms with Crippen LogP contribution in [0, 0.1) is 17.8 Å². The first kappa shape index (κ1) is 15.4. The summed E-state index contributed by atoms with van der Waals surface area (Å²) in [7, 11) is 0. The third-order valence-corrected chi connectivity index (χ3v) is 5.66. The summed E-state index contributed by atoms with van der Waals surface area (Å²) in [5, 5.41) is 1.12. The number of rotatable bonds is 5. The van der Waals surface area contributed by atoms with Crippen molar-refractivity contribution in [1.29, 1.82) is 0 Å². The summed E-state index contributed by atoms with van der Waals surface area (Å²) in [5.41, 5.74) is 3.39. The normalized spacial score (nSPS) is 31.5. The van der Waals surface area contributed by atoms with E-state index in [-0.39, 0.29) is 0 Å².